The summed E-state index contributed by atoms with van der Waals surface area (Å²) in [6.45, 7) is 6.52. The van der Waals surface area contributed by atoms with Crippen LogP contribution in [0.3, 0.4) is 0 Å². The molecule has 1 amide bonds. The second-order valence-corrected chi connectivity index (χ2v) is 10.7. The van der Waals surface area contributed by atoms with Crippen LogP contribution < -0.4 is 14.9 Å². The van der Waals surface area contributed by atoms with E-state index in [-0.39, 0.29) is 15.5 Å². The van der Waals surface area contributed by atoms with Crippen molar-refractivity contribution in [2.75, 3.05) is 28.1 Å². The fourth-order valence-corrected chi connectivity index (χ4v) is 5.42. The molecule has 9 nitrogen and oxygen atoms in total. The Bertz CT molecular complexity index is 1270. The number of anilines is 3. The fourth-order valence-electron chi connectivity index (χ4n) is 3.37. The third-order valence-corrected chi connectivity index (χ3v) is 7.79. The third-order valence-electron chi connectivity index (χ3n) is 5.01. The van der Waals surface area contributed by atoms with Crippen molar-refractivity contribution in [3.8, 4) is 5.75 Å². The van der Waals surface area contributed by atoms with E-state index in [0.717, 1.165) is 29.6 Å². The van der Waals surface area contributed by atoms with Crippen molar-refractivity contribution in [3.05, 3.63) is 65.5 Å². The van der Waals surface area contributed by atoms with Gasteiger partial charge in [0.15, 0.2) is 6.61 Å². The number of nitrogens with zero attached hydrogens (tertiary/aromatic N) is 1. The van der Waals surface area contributed by atoms with Crippen molar-refractivity contribution >= 4 is 50.3 Å². The first kappa shape index (κ1) is 26.0. The van der Waals surface area contributed by atoms with Gasteiger partial charge >= 0.3 is 5.97 Å². The van der Waals surface area contributed by atoms with E-state index in [1.54, 1.807) is 23.6 Å². The van der Waals surface area contributed by atoms with E-state index in [2.05, 4.69) is 35.7 Å². The van der Waals surface area contributed by atoms with Crippen LogP contribution in [0.5, 0.6) is 5.75 Å². The second kappa shape index (κ2) is 11.2. The summed E-state index contributed by atoms with van der Waals surface area (Å²) >= 11 is 1.04. The lowest BCUT2D eigenvalue weighted by Gasteiger charge is -2.27. The van der Waals surface area contributed by atoms with Crippen LogP contribution >= 0.6 is 11.3 Å². The number of benzene rings is 2. The largest absolute Gasteiger partial charge is 0.507 e. The van der Waals surface area contributed by atoms with Gasteiger partial charge in [-0.1, -0.05) is 6.07 Å². The maximum absolute atomic E-state index is 12.4. The first-order valence-corrected chi connectivity index (χ1v) is 13.2. The van der Waals surface area contributed by atoms with Crippen LogP contribution in [0.1, 0.15) is 31.1 Å². The van der Waals surface area contributed by atoms with Crippen molar-refractivity contribution < 1.29 is 27.9 Å². The average Bonchev–Trinajstić information content (AvgIpc) is 3.36. The number of carbonyl (C=O) groups excluding carboxylic acids is 2. The predicted octanol–water partition coefficient (Wildman–Crippen LogP) is 4.28. The number of phenolic OH excluding ortho intramolecular Hbond substituents is 1. The number of carbonyl (C=O) groups is 2. The maximum atomic E-state index is 12.4. The molecule has 186 valence electrons. The number of aromatic hydroxyl groups is 1. The van der Waals surface area contributed by atoms with Gasteiger partial charge in [-0.05, 0) is 74.7 Å². The molecule has 3 N–H and O–H groups in total. The second-order valence-electron chi connectivity index (χ2n) is 7.82. The lowest BCUT2D eigenvalue weighted by Crippen LogP contribution is -2.30. The lowest BCUT2D eigenvalue weighted by molar-refractivity contribution is -0.119. The van der Waals surface area contributed by atoms with Crippen LogP contribution in [0.15, 0.2) is 64.2 Å². The van der Waals surface area contributed by atoms with E-state index < -0.39 is 34.3 Å². The summed E-state index contributed by atoms with van der Waals surface area (Å²) in [5.41, 5.74) is 1.36. The normalized spacial score (nSPS) is 11.2. The molecule has 11 heteroatoms. The molecule has 0 aliphatic carbocycles. The molecule has 3 aromatic rings. The van der Waals surface area contributed by atoms with Crippen LogP contribution in [-0.2, 0) is 19.6 Å². The highest BCUT2D eigenvalue weighted by atomic mass is 32.2. The summed E-state index contributed by atoms with van der Waals surface area (Å²) < 4.78 is 32.2. The van der Waals surface area contributed by atoms with Crippen LogP contribution in [0, 0.1) is 0 Å². The van der Waals surface area contributed by atoms with Gasteiger partial charge in [0.1, 0.15) is 15.5 Å². The summed E-state index contributed by atoms with van der Waals surface area (Å²) in [6.07, 6.45) is 0. The molecule has 0 spiro atoms. The van der Waals surface area contributed by atoms with Crippen molar-refractivity contribution in [2.24, 2.45) is 0 Å². The SMILES string of the molecule is CCN(c1ccc(NC(=O)COC(=O)c2cc(NS(=O)(=O)c3cccs3)ccc2O)cc1)C(C)C. The monoisotopic (exact) mass is 517 g/mol. The molecule has 0 saturated carbocycles. The quantitative estimate of drug-likeness (QED) is 0.271. The zero-order valence-corrected chi connectivity index (χ0v) is 21.2. The van der Waals surface area contributed by atoms with Gasteiger partial charge in [0.25, 0.3) is 15.9 Å². The van der Waals surface area contributed by atoms with E-state index in [0.29, 0.717) is 11.7 Å². The van der Waals surface area contributed by atoms with Gasteiger partial charge in [-0.2, -0.15) is 0 Å². The molecule has 35 heavy (non-hydrogen) atoms. The first-order chi connectivity index (χ1) is 16.6. The molecule has 0 atom stereocenters. The van der Waals surface area contributed by atoms with E-state index in [1.807, 2.05) is 12.1 Å². The highest BCUT2D eigenvalue weighted by molar-refractivity contribution is 7.94. The summed E-state index contributed by atoms with van der Waals surface area (Å²) in [5.74, 6) is -1.94. The molecule has 1 heterocycles. The van der Waals surface area contributed by atoms with E-state index in [4.69, 9.17) is 4.74 Å². The van der Waals surface area contributed by atoms with Crippen LogP contribution in [0.4, 0.5) is 17.1 Å². The van der Waals surface area contributed by atoms with Gasteiger partial charge in [0, 0.05) is 29.6 Å². The Morgan fingerprint density at radius 3 is 2.37 bits per heavy atom. The fraction of sp³-hybridized carbons (Fsp3) is 0.250. The minimum absolute atomic E-state index is 0.0650. The number of esters is 1. The summed E-state index contributed by atoms with van der Waals surface area (Å²) in [5, 5.41) is 14.3. The number of amides is 1. The van der Waals surface area contributed by atoms with E-state index >= 15 is 0 Å². The third kappa shape index (κ3) is 6.74. The first-order valence-electron chi connectivity index (χ1n) is 10.8. The van der Waals surface area contributed by atoms with Gasteiger partial charge in [0.2, 0.25) is 0 Å². The number of sulfonamides is 1. The number of hydrogen-bond donors (Lipinski definition) is 3. The molecule has 2 aromatic carbocycles. The minimum Gasteiger partial charge on any atom is -0.507 e. The zero-order valence-electron chi connectivity index (χ0n) is 19.5. The Hall–Kier alpha value is -3.57. The van der Waals surface area contributed by atoms with Crippen molar-refractivity contribution in [1.29, 1.82) is 0 Å². The molecular formula is C24H27N3O6S2. The molecule has 0 radical (unpaired) electrons. The van der Waals surface area contributed by atoms with Crippen LogP contribution in [0.2, 0.25) is 0 Å². The Balaban J connectivity index is 1.60. The van der Waals surface area contributed by atoms with Crippen molar-refractivity contribution in [3.63, 3.8) is 0 Å². The highest BCUT2D eigenvalue weighted by Gasteiger charge is 2.19. The number of ether oxygens (including phenoxy) is 1. The van der Waals surface area contributed by atoms with Crippen molar-refractivity contribution in [1.82, 2.24) is 0 Å². The Morgan fingerprint density at radius 2 is 1.77 bits per heavy atom. The number of rotatable bonds is 10. The standard InChI is InChI=1S/C24H27N3O6S2/c1-4-27(16(2)3)19-10-7-17(8-11-19)25-22(29)15-33-24(30)20-14-18(9-12-21(20)28)26-35(31,32)23-6-5-13-34-23/h5-14,16,26,28H,4,15H2,1-3H3,(H,25,29). The molecule has 0 aliphatic heterocycles. The van der Waals surface area contributed by atoms with Crippen LogP contribution in [-0.4, -0.2) is 44.6 Å². The summed E-state index contributed by atoms with van der Waals surface area (Å²) in [4.78, 5) is 26.9. The molecule has 0 unspecified atom stereocenters. The lowest BCUT2D eigenvalue weighted by atomic mass is 10.2. The van der Waals surface area contributed by atoms with Gasteiger partial charge in [-0.3, -0.25) is 9.52 Å². The summed E-state index contributed by atoms with van der Waals surface area (Å²) in [7, 11) is -3.83. The molecule has 0 bridgehead atoms. The molecule has 0 saturated heterocycles. The predicted molar refractivity (Wildman–Crippen MR) is 137 cm³/mol. The zero-order chi connectivity index (χ0) is 25.6. The highest BCUT2D eigenvalue weighted by Crippen LogP contribution is 2.26. The van der Waals surface area contributed by atoms with Crippen molar-refractivity contribution in [2.45, 2.75) is 31.0 Å². The Morgan fingerprint density at radius 1 is 1.09 bits per heavy atom. The number of phenols is 1. The Labute approximate surface area is 208 Å². The molecule has 3 rings (SSSR count). The average molecular weight is 518 g/mol. The molecular weight excluding hydrogens is 490 g/mol. The smallest absolute Gasteiger partial charge is 0.342 e. The van der Waals surface area contributed by atoms with Gasteiger partial charge in [-0.25, -0.2) is 13.2 Å². The van der Waals surface area contributed by atoms with Gasteiger partial charge < -0.3 is 20.1 Å². The maximum Gasteiger partial charge on any atom is 0.342 e. The summed E-state index contributed by atoms with van der Waals surface area (Å²) in [6, 6.07) is 14.3. The van der Waals surface area contributed by atoms with Gasteiger partial charge in [-0.15, -0.1) is 11.3 Å². The van der Waals surface area contributed by atoms with Crippen LogP contribution in [0.25, 0.3) is 0 Å². The van der Waals surface area contributed by atoms with Gasteiger partial charge in [0.05, 0.1) is 0 Å². The Kier molecular flexibility index (Phi) is 8.36. The number of nitrogens with one attached hydrogen (secondary N) is 2. The topological polar surface area (TPSA) is 125 Å². The number of thiophene rings is 1. The molecule has 0 fully saturated rings. The van der Waals surface area contributed by atoms with E-state index in [9.17, 15) is 23.1 Å². The van der Waals surface area contributed by atoms with E-state index in [1.165, 1.54) is 18.2 Å². The molecule has 1 aromatic heterocycles. The number of hydrogen-bond acceptors (Lipinski definition) is 8. The molecule has 0 aliphatic rings. The minimum atomic E-state index is -3.83.